The minimum atomic E-state index is -0.0623. The third kappa shape index (κ3) is 3.07. The average Bonchev–Trinajstić information content (AvgIpc) is 3.34. The highest BCUT2D eigenvalue weighted by Crippen LogP contribution is 2.40. The number of pyridine rings is 1. The van der Waals surface area contributed by atoms with E-state index in [0.29, 0.717) is 41.3 Å². The summed E-state index contributed by atoms with van der Waals surface area (Å²) < 4.78 is 5.85. The molecule has 8 heteroatoms. The van der Waals surface area contributed by atoms with Gasteiger partial charge in [0.05, 0.1) is 23.2 Å². The van der Waals surface area contributed by atoms with Crippen LogP contribution in [0.3, 0.4) is 0 Å². The quantitative estimate of drug-likeness (QED) is 0.712. The largest absolute Gasteiger partial charge is 0.442 e. The summed E-state index contributed by atoms with van der Waals surface area (Å²) in [7, 11) is 4.06. The summed E-state index contributed by atoms with van der Waals surface area (Å²) in [5, 5.41) is 4.16. The molecular formula is C22H26N6O2. The Labute approximate surface area is 175 Å². The summed E-state index contributed by atoms with van der Waals surface area (Å²) in [6.07, 6.45) is 6.24. The van der Waals surface area contributed by atoms with Crippen LogP contribution in [0.15, 0.2) is 23.0 Å². The number of rotatable bonds is 4. The van der Waals surface area contributed by atoms with Crippen LogP contribution in [0, 0.1) is 6.92 Å². The molecule has 2 aliphatic rings. The first-order valence-electron chi connectivity index (χ1n) is 10.3. The SMILES string of the molecule is Cc1oc2ncnc(NC3(C)CC3)c2c1C(=O)N1CCc2c(N(C)C)ccnc2C1. The van der Waals surface area contributed by atoms with E-state index >= 15 is 0 Å². The lowest BCUT2D eigenvalue weighted by Crippen LogP contribution is -2.37. The topological polar surface area (TPSA) is 87.4 Å². The van der Waals surface area contributed by atoms with Crippen LogP contribution in [0.5, 0.6) is 0 Å². The van der Waals surface area contributed by atoms with E-state index in [-0.39, 0.29) is 11.4 Å². The zero-order valence-corrected chi connectivity index (χ0v) is 17.8. The third-order valence-electron chi connectivity index (χ3n) is 6.16. The fourth-order valence-corrected chi connectivity index (χ4v) is 4.18. The van der Waals surface area contributed by atoms with Gasteiger partial charge in [0, 0.05) is 43.6 Å². The first-order valence-corrected chi connectivity index (χ1v) is 10.3. The van der Waals surface area contributed by atoms with Crippen molar-refractivity contribution < 1.29 is 9.21 Å². The minimum absolute atomic E-state index is 0.0311. The van der Waals surface area contributed by atoms with Crippen LogP contribution in [0.2, 0.25) is 0 Å². The van der Waals surface area contributed by atoms with Gasteiger partial charge in [0.15, 0.2) is 0 Å². The fourth-order valence-electron chi connectivity index (χ4n) is 4.18. The normalized spacial score (nSPS) is 17.0. The van der Waals surface area contributed by atoms with Crippen molar-refractivity contribution in [2.45, 2.75) is 45.2 Å². The fraction of sp³-hybridized carbons (Fsp3) is 0.455. The second kappa shape index (κ2) is 6.68. The van der Waals surface area contributed by atoms with Crippen molar-refractivity contribution >= 4 is 28.5 Å². The number of aromatic nitrogens is 3. The van der Waals surface area contributed by atoms with E-state index in [0.717, 1.165) is 30.6 Å². The molecule has 3 aromatic heterocycles. The van der Waals surface area contributed by atoms with Crippen LogP contribution in [-0.4, -0.2) is 51.9 Å². The number of nitrogens with one attached hydrogen (secondary N) is 1. The average molecular weight is 406 g/mol. The van der Waals surface area contributed by atoms with E-state index in [1.165, 1.54) is 11.9 Å². The van der Waals surface area contributed by atoms with Gasteiger partial charge in [-0.2, -0.15) is 0 Å². The maximum atomic E-state index is 13.6. The van der Waals surface area contributed by atoms with E-state index in [2.05, 4.69) is 32.1 Å². The van der Waals surface area contributed by atoms with Crippen LogP contribution in [0.25, 0.3) is 11.1 Å². The Morgan fingerprint density at radius 2 is 2.07 bits per heavy atom. The van der Waals surface area contributed by atoms with E-state index in [4.69, 9.17) is 4.42 Å². The molecule has 1 amide bonds. The standard InChI is InChI=1S/C22H26N6O2/c1-13-17(18-19(26-22(2)7-8-22)24-12-25-20(18)30-13)21(29)28-10-6-14-15(11-28)23-9-5-16(14)27(3)4/h5,9,12H,6-8,10-11H2,1-4H3,(H,24,25,26). The molecule has 0 saturated heterocycles. The Kier molecular flexibility index (Phi) is 4.20. The zero-order valence-electron chi connectivity index (χ0n) is 17.8. The van der Waals surface area contributed by atoms with Gasteiger partial charge in [-0.25, -0.2) is 9.97 Å². The molecule has 3 aromatic rings. The Balaban J connectivity index is 1.51. The molecule has 0 bridgehead atoms. The Bertz CT molecular complexity index is 1150. The predicted octanol–water partition coefficient (Wildman–Crippen LogP) is 3.16. The highest BCUT2D eigenvalue weighted by Gasteiger charge is 2.39. The molecule has 4 heterocycles. The lowest BCUT2D eigenvalue weighted by atomic mass is 10.0. The third-order valence-corrected chi connectivity index (χ3v) is 6.16. The van der Waals surface area contributed by atoms with Gasteiger partial charge in [-0.1, -0.05) is 0 Å². The molecule has 0 aromatic carbocycles. The number of amides is 1. The van der Waals surface area contributed by atoms with Crippen LogP contribution in [0.4, 0.5) is 11.5 Å². The number of carbonyl (C=O) groups excluding carboxylic acids is 1. The van der Waals surface area contributed by atoms with Crippen molar-refractivity contribution in [3.8, 4) is 0 Å². The van der Waals surface area contributed by atoms with Crippen LogP contribution < -0.4 is 10.2 Å². The molecule has 0 unspecified atom stereocenters. The summed E-state index contributed by atoms with van der Waals surface area (Å²) in [5.74, 6) is 1.18. The van der Waals surface area contributed by atoms with Crippen molar-refractivity contribution in [3.63, 3.8) is 0 Å². The van der Waals surface area contributed by atoms with E-state index in [9.17, 15) is 4.79 Å². The van der Waals surface area contributed by atoms with Crippen molar-refractivity contribution in [1.29, 1.82) is 0 Å². The second-order valence-electron chi connectivity index (χ2n) is 8.75. The van der Waals surface area contributed by atoms with Crippen LogP contribution in [-0.2, 0) is 13.0 Å². The number of fused-ring (bicyclic) bond motifs is 2. The summed E-state index contributed by atoms with van der Waals surface area (Å²) in [4.78, 5) is 30.8. The molecule has 0 spiro atoms. The van der Waals surface area contributed by atoms with Gasteiger partial charge in [0.1, 0.15) is 17.9 Å². The van der Waals surface area contributed by atoms with Gasteiger partial charge in [0.25, 0.3) is 5.91 Å². The van der Waals surface area contributed by atoms with E-state index in [1.807, 2.05) is 38.2 Å². The van der Waals surface area contributed by atoms with Crippen molar-refractivity contribution in [1.82, 2.24) is 19.9 Å². The molecule has 1 N–H and O–H groups in total. The number of nitrogens with zero attached hydrogens (tertiary/aromatic N) is 5. The summed E-state index contributed by atoms with van der Waals surface area (Å²) in [6, 6.07) is 2.03. The number of carbonyl (C=O) groups is 1. The number of anilines is 2. The van der Waals surface area contributed by atoms with Crippen LogP contribution >= 0.6 is 0 Å². The molecule has 1 aliphatic heterocycles. The Morgan fingerprint density at radius 3 is 2.80 bits per heavy atom. The second-order valence-corrected chi connectivity index (χ2v) is 8.75. The van der Waals surface area contributed by atoms with Gasteiger partial charge in [0.2, 0.25) is 5.71 Å². The maximum Gasteiger partial charge on any atom is 0.258 e. The zero-order chi connectivity index (χ0) is 21.0. The van der Waals surface area contributed by atoms with Crippen molar-refractivity contribution in [2.75, 3.05) is 30.9 Å². The van der Waals surface area contributed by atoms with Crippen molar-refractivity contribution in [3.05, 3.63) is 41.2 Å². The Hall–Kier alpha value is -3.16. The molecule has 156 valence electrons. The first-order chi connectivity index (χ1) is 14.4. The van der Waals surface area contributed by atoms with Gasteiger partial charge >= 0.3 is 0 Å². The molecule has 0 radical (unpaired) electrons. The van der Waals surface area contributed by atoms with Gasteiger partial charge in [-0.3, -0.25) is 9.78 Å². The highest BCUT2D eigenvalue weighted by molar-refractivity contribution is 6.10. The monoisotopic (exact) mass is 406 g/mol. The molecule has 1 aliphatic carbocycles. The molecular weight excluding hydrogens is 380 g/mol. The van der Waals surface area contributed by atoms with Crippen molar-refractivity contribution in [2.24, 2.45) is 0 Å². The lowest BCUT2D eigenvalue weighted by Gasteiger charge is -2.30. The smallest absolute Gasteiger partial charge is 0.258 e. The van der Waals surface area contributed by atoms with Gasteiger partial charge in [-0.05, 0) is 39.2 Å². The lowest BCUT2D eigenvalue weighted by molar-refractivity contribution is 0.0732. The minimum Gasteiger partial charge on any atom is -0.442 e. The Morgan fingerprint density at radius 1 is 1.27 bits per heavy atom. The van der Waals surface area contributed by atoms with E-state index in [1.54, 1.807) is 0 Å². The van der Waals surface area contributed by atoms with Gasteiger partial charge in [-0.15, -0.1) is 0 Å². The number of furan rings is 1. The van der Waals surface area contributed by atoms with Gasteiger partial charge < -0.3 is 19.5 Å². The molecule has 30 heavy (non-hydrogen) atoms. The summed E-state index contributed by atoms with van der Waals surface area (Å²) in [6.45, 7) is 5.09. The number of hydrogen-bond acceptors (Lipinski definition) is 7. The maximum absolute atomic E-state index is 13.6. The summed E-state index contributed by atoms with van der Waals surface area (Å²) >= 11 is 0. The summed E-state index contributed by atoms with van der Waals surface area (Å²) in [5.41, 5.74) is 4.35. The molecule has 1 saturated carbocycles. The van der Waals surface area contributed by atoms with E-state index < -0.39 is 0 Å². The predicted molar refractivity (Wildman–Crippen MR) is 115 cm³/mol. The molecule has 5 rings (SSSR count). The molecule has 0 atom stereocenters. The molecule has 8 nitrogen and oxygen atoms in total. The number of hydrogen-bond donors (Lipinski definition) is 1. The highest BCUT2D eigenvalue weighted by atomic mass is 16.3. The molecule has 1 fully saturated rings. The first kappa shape index (κ1) is 18.8. The number of aryl methyl sites for hydroxylation is 1. The van der Waals surface area contributed by atoms with Crippen LogP contribution in [0.1, 0.15) is 47.1 Å².